The molecular weight excluding hydrogens is 983 g/mol. The molecule has 0 aromatic rings. The smallest absolute Gasteiger partial charge is 0.305 e. The van der Waals surface area contributed by atoms with E-state index in [4.69, 9.17) is 4.74 Å². The Kier molecular flexibility index (Phi) is 67.9. The monoisotopic (exact) mass is 1120 g/mol. The molecule has 0 aliphatic carbocycles. The quantitative estimate of drug-likeness (QED) is 0.0320. The van der Waals surface area contributed by atoms with Crippen LogP contribution in [0.2, 0.25) is 0 Å². The summed E-state index contributed by atoms with van der Waals surface area (Å²) in [6.45, 7) is 4.93. The molecule has 0 saturated heterocycles. The standard InChI is InChI=1S/C74H141NO5/c1-3-5-7-9-11-13-15-17-19-20-21-22-30-33-36-39-42-46-50-54-58-62-66-72(77)71(70-76)75-73(78)67-63-59-55-51-47-43-40-37-34-31-28-26-24-23-25-27-29-32-35-38-41-45-49-53-57-61-65-69-80-74(79)68-64-60-56-52-48-44-18-16-14-12-10-8-6-4-2/h16,18,23-24,62,66,71-72,76-77H,3-15,17,19-22,25-61,63-65,67-70H2,1-2H3,(H,75,78)/b18-16-,24-23-,66-62+. The summed E-state index contributed by atoms with van der Waals surface area (Å²) in [4.78, 5) is 24.6. The van der Waals surface area contributed by atoms with Gasteiger partial charge in [0.15, 0.2) is 0 Å². The molecule has 80 heavy (non-hydrogen) atoms. The van der Waals surface area contributed by atoms with Crippen molar-refractivity contribution in [3.05, 3.63) is 36.5 Å². The van der Waals surface area contributed by atoms with Gasteiger partial charge in [0.05, 0.1) is 25.4 Å². The summed E-state index contributed by atoms with van der Waals surface area (Å²) in [5.74, 6) is -0.0583. The number of carbonyl (C=O) groups excluding carboxylic acids is 2. The number of nitrogens with one attached hydrogen (secondary N) is 1. The molecule has 0 saturated carbocycles. The lowest BCUT2D eigenvalue weighted by Gasteiger charge is -2.20. The van der Waals surface area contributed by atoms with E-state index in [0.717, 1.165) is 44.9 Å². The van der Waals surface area contributed by atoms with Gasteiger partial charge in [-0.15, -0.1) is 0 Å². The lowest BCUT2D eigenvalue weighted by molar-refractivity contribution is -0.143. The number of carbonyl (C=O) groups is 2. The van der Waals surface area contributed by atoms with Crippen LogP contribution in [0.4, 0.5) is 0 Å². The van der Waals surface area contributed by atoms with Gasteiger partial charge >= 0.3 is 5.97 Å². The van der Waals surface area contributed by atoms with E-state index in [1.807, 2.05) is 6.08 Å². The van der Waals surface area contributed by atoms with Crippen LogP contribution in [0.3, 0.4) is 0 Å². The minimum atomic E-state index is -0.846. The molecule has 6 nitrogen and oxygen atoms in total. The number of esters is 1. The molecule has 0 rings (SSSR count). The largest absolute Gasteiger partial charge is 0.466 e. The predicted molar refractivity (Wildman–Crippen MR) is 352 cm³/mol. The summed E-state index contributed by atoms with van der Waals surface area (Å²) in [5, 5.41) is 23.3. The number of amides is 1. The molecule has 0 bridgehead atoms. The van der Waals surface area contributed by atoms with Crippen LogP contribution in [0.15, 0.2) is 36.5 Å². The number of hydrogen-bond donors (Lipinski definition) is 3. The molecule has 6 heteroatoms. The zero-order valence-corrected chi connectivity index (χ0v) is 54.1. The van der Waals surface area contributed by atoms with Crippen LogP contribution < -0.4 is 5.32 Å². The highest BCUT2D eigenvalue weighted by atomic mass is 16.5. The van der Waals surface area contributed by atoms with E-state index >= 15 is 0 Å². The van der Waals surface area contributed by atoms with E-state index in [-0.39, 0.29) is 18.5 Å². The van der Waals surface area contributed by atoms with E-state index in [2.05, 4.69) is 43.5 Å². The molecule has 0 aromatic heterocycles. The van der Waals surface area contributed by atoms with Gasteiger partial charge in [-0.2, -0.15) is 0 Å². The highest BCUT2D eigenvalue weighted by molar-refractivity contribution is 5.76. The molecule has 0 aliphatic rings. The van der Waals surface area contributed by atoms with Gasteiger partial charge in [0.2, 0.25) is 5.91 Å². The summed E-state index contributed by atoms with van der Waals surface area (Å²) in [7, 11) is 0. The molecule has 0 spiro atoms. The number of allylic oxidation sites excluding steroid dienone is 5. The van der Waals surface area contributed by atoms with Crippen molar-refractivity contribution in [3.8, 4) is 0 Å². The third-order valence-corrected chi connectivity index (χ3v) is 16.9. The second-order valence-electron chi connectivity index (χ2n) is 24.9. The fraction of sp³-hybridized carbons (Fsp3) is 0.892. The van der Waals surface area contributed by atoms with Crippen molar-refractivity contribution in [2.75, 3.05) is 13.2 Å². The first-order valence-corrected chi connectivity index (χ1v) is 36.3. The molecule has 0 aromatic carbocycles. The minimum Gasteiger partial charge on any atom is -0.466 e. The lowest BCUT2D eigenvalue weighted by Crippen LogP contribution is -2.45. The molecule has 3 N–H and O–H groups in total. The van der Waals surface area contributed by atoms with Gasteiger partial charge < -0.3 is 20.3 Å². The van der Waals surface area contributed by atoms with Gasteiger partial charge in [-0.3, -0.25) is 9.59 Å². The normalized spacial score (nSPS) is 12.7. The topological polar surface area (TPSA) is 95.9 Å². The first-order valence-electron chi connectivity index (χ1n) is 36.3. The average molecular weight is 1120 g/mol. The lowest BCUT2D eigenvalue weighted by atomic mass is 10.0. The van der Waals surface area contributed by atoms with Crippen molar-refractivity contribution in [2.24, 2.45) is 0 Å². The Morgan fingerprint density at radius 3 is 0.887 bits per heavy atom. The van der Waals surface area contributed by atoms with Gasteiger partial charge in [0.25, 0.3) is 0 Å². The summed E-state index contributed by atoms with van der Waals surface area (Å²) >= 11 is 0. The Labute approximate surface area is 500 Å². The summed E-state index contributed by atoms with van der Waals surface area (Å²) < 4.78 is 5.48. The molecule has 2 atom stereocenters. The molecule has 0 radical (unpaired) electrons. The van der Waals surface area contributed by atoms with Crippen LogP contribution >= 0.6 is 0 Å². The van der Waals surface area contributed by atoms with Gasteiger partial charge in [-0.25, -0.2) is 0 Å². The summed E-state index contributed by atoms with van der Waals surface area (Å²) in [6.07, 6.45) is 89.4. The molecule has 0 fully saturated rings. The van der Waals surface area contributed by atoms with Crippen molar-refractivity contribution in [1.82, 2.24) is 5.32 Å². The molecule has 472 valence electrons. The van der Waals surface area contributed by atoms with Crippen LogP contribution in [0.25, 0.3) is 0 Å². The number of rotatable bonds is 68. The average Bonchev–Trinajstić information content (AvgIpc) is 3.46. The Morgan fingerprint density at radius 2 is 0.588 bits per heavy atom. The minimum absolute atomic E-state index is 0.00667. The van der Waals surface area contributed by atoms with Gasteiger partial charge in [-0.05, 0) is 83.5 Å². The number of hydrogen-bond acceptors (Lipinski definition) is 5. The fourth-order valence-corrected chi connectivity index (χ4v) is 11.3. The molecular formula is C74H141NO5. The van der Waals surface area contributed by atoms with Crippen LogP contribution in [0.1, 0.15) is 399 Å². The highest BCUT2D eigenvalue weighted by Crippen LogP contribution is 2.18. The van der Waals surface area contributed by atoms with E-state index in [1.165, 1.54) is 327 Å². The third kappa shape index (κ3) is 65.2. The maximum Gasteiger partial charge on any atom is 0.305 e. The Hall–Kier alpha value is -1.92. The van der Waals surface area contributed by atoms with E-state index in [9.17, 15) is 19.8 Å². The number of aliphatic hydroxyl groups excluding tert-OH is 2. The molecule has 0 heterocycles. The number of aliphatic hydroxyl groups is 2. The second-order valence-corrected chi connectivity index (χ2v) is 24.9. The first-order chi connectivity index (χ1) is 39.5. The Balaban J connectivity index is 3.41. The third-order valence-electron chi connectivity index (χ3n) is 16.9. The zero-order chi connectivity index (χ0) is 57.8. The van der Waals surface area contributed by atoms with E-state index < -0.39 is 12.1 Å². The Bertz CT molecular complexity index is 1300. The number of ether oxygens (including phenoxy) is 1. The molecule has 1 amide bonds. The second kappa shape index (κ2) is 69.6. The first kappa shape index (κ1) is 78.1. The van der Waals surface area contributed by atoms with Crippen molar-refractivity contribution in [1.29, 1.82) is 0 Å². The van der Waals surface area contributed by atoms with Crippen LogP contribution in [-0.4, -0.2) is 47.4 Å². The van der Waals surface area contributed by atoms with Crippen molar-refractivity contribution < 1.29 is 24.5 Å². The molecule has 2 unspecified atom stereocenters. The van der Waals surface area contributed by atoms with Crippen molar-refractivity contribution in [2.45, 2.75) is 411 Å². The number of unbranched alkanes of at least 4 members (excludes halogenated alkanes) is 53. The van der Waals surface area contributed by atoms with Gasteiger partial charge in [0.1, 0.15) is 0 Å². The maximum atomic E-state index is 12.5. The van der Waals surface area contributed by atoms with E-state index in [0.29, 0.717) is 19.4 Å². The molecule has 0 aliphatic heterocycles. The van der Waals surface area contributed by atoms with Crippen molar-refractivity contribution in [3.63, 3.8) is 0 Å². The van der Waals surface area contributed by atoms with Crippen LogP contribution in [0.5, 0.6) is 0 Å². The van der Waals surface area contributed by atoms with Crippen LogP contribution in [0, 0.1) is 0 Å². The summed E-state index contributed by atoms with van der Waals surface area (Å²) in [5.41, 5.74) is 0. The fourth-order valence-electron chi connectivity index (χ4n) is 11.3. The maximum absolute atomic E-state index is 12.5. The van der Waals surface area contributed by atoms with Gasteiger partial charge in [0, 0.05) is 12.8 Å². The summed E-state index contributed by atoms with van der Waals surface area (Å²) in [6, 6.07) is -0.630. The van der Waals surface area contributed by atoms with Gasteiger partial charge in [-0.1, -0.05) is 339 Å². The van der Waals surface area contributed by atoms with Crippen LogP contribution in [-0.2, 0) is 14.3 Å². The zero-order valence-electron chi connectivity index (χ0n) is 54.1. The van der Waals surface area contributed by atoms with Crippen molar-refractivity contribution >= 4 is 11.9 Å². The SMILES string of the molecule is CCCCCCC/C=C\CCCCCCCC(=O)OCCCCCCCCCCCCCC/C=C\CCCCCCCCCCCCCC(=O)NC(CO)C(O)/C=C/CCCCCCCCCCCCCCCCCCCCCC. The highest BCUT2D eigenvalue weighted by Gasteiger charge is 2.18. The Morgan fingerprint density at radius 1 is 0.338 bits per heavy atom. The predicted octanol–water partition coefficient (Wildman–Crippen LogP) is 23.5. The van der Waals surface area contributed by atoms with E-state index in [1.54, 1.807) is 6.08 Å².